The molecule has 0 bridgehead atoms. The molecular formula is C18H20ClN3O3. The van der Waals surface area contributed by atoms with Crippen LogP contribution >= 0.6 is 11.6 Å². The molecule has 0 saturated heterocycles. The van der Waals surface area contributed by atoms with Gasteiger partial charge in [0.15, 0.2) is 0 Å². The third-order valence-electron chi connectivity index (χ3n) is 3.88. The number of amides is 1. The predicted octanol–water partition coefficient (Wildman–Crippen LogP) is 3.59. The van der Waals surface area contributed by atoms with E-state index in [-0.39, 0.29) is 12.5 Å². The summed E-state index contributed by atoms with van der Waals surface area (Å²) in [5.41, 5.74) is 4.93. The van der Waals surface area contributed by atoms with E-state index >= 15 is 0 Å². The average Bonchev–Trinajstić information content (AvgIpc) is 2.92. The molecule has 1 amide bonds. The van der Waals surface area contributed by atoms with Crippen molar-refractivity contribution in [1.29, 1.82) is 0 Å². The van der Waals surface area contributed by atoms with Gasteiger partial charge in [0, 0.05) is 23.1 Å². The van der Waals surface area contributed by atoms with Gasteiger partial charge in [-0.05, 0) is 44.5 Å². The molecule has 2 aromatic rings. The highest BCUT2D eigenvalue weighted by Crippen LogP contribution is 2.30. The van der Waals surface area contributed by atoms with E-state index in [0.29, 0.717) is 22.0 Å². The Morgan fingerprint density at radius 1 is 1.36 bits per heavy atom. The second-order valence-corrected chi connectivity index (χ2v) is 5.87. The topological polar surface area (TPSA) is 72.7 Å². The van der Waals surface area contributed by atoms with Crippen LogP contribution in [-0.4, -0.2) is 29.8 Å². The number of carbonyl (C=O) groups excluding carboxylic acids is 2. The van der Waals surface area contributed by atoms with Gasteiger partial charge in [0.1, 0.15) is 6.04 Å². The maximum atomic E-state index is 12.2. The molecule has 0 fully saturated rings. The van der Waals surface area contributed by atoms with E-state index in [9.17, 15) is 9.59 Å². The zero-order valence-electron chi connectivity index (χ0n) is 14.4. The highest BCUT2D eigenvalue weighted by Gasteiger charge is 2.25. The van der Waals surface area contributed by atoms with Crippen molar-refractivity contribution in [3.8, 4) is 11.3 Å². The van der Waals surface area contributed by atoms with Crippen molar-refractivity contribution in [3.63, 3.8) is 0 Å². The van der Waals surface area contributed by atoms with Gasteiger partial charge in [-0.1, -0.05) is 23.7 Å². The Morgan fingerprint density at radius 3 is 2.56 bits per heavy atom. The number of carbonyl (C=O) groups is 2. The third kappa shape index (κ3) is 3.91. The van der Waals surface area contributed by atoms with E-state index in [0.717, 1.165) is 5.56 Å². The van der Waals surface area contributed by atoms with Gasteiger partial charge in [0.2, 0.25) is 0 Å². The first-order chi connectivity index (χ1) is 11.9. The highest BCUT2D eigenvalue weighted by molar-refractivity contribution is 6.30. The Hall–Kier alpha value is -2.60. The fourth-order valence-electron chi connectivity index (χ4n) is 2.67. The monoisotopic (exact) mass is 361 g/mol. The lowest BCUT2D eigenvalue weighted by atomic mass is 10.1. The zero-order valence-corrected chi connectivity index (χ0v) is 15.1. The lowest BCUT2D eigenvalue weighted by Crippen LogP contribution is -2.28. The van der Waals surface area contributed by atoms with Crippen LogP contribution in [0.25, 0.3) is 11.3 Å². The Kier molecular flexibility index (Phi) is 5.98. The number of hydrazone groups is 1. The lowest BCUT2D eigenvalue weighted by molar-refractivity contribution is -0.123. The van der Waals surface area contributed by atoms with Crippen LogP contribution in [0.3, 0.4) is 0 Å². The molecule has 1 N–H and O–H groups in total. The van der Waals surface area contributed by atoms with Gasteiger partial charge in [0.05, 0.1) is 12.2 Å². The first-order valence-electron chi connectivity index (χ1n) is 7.81. The molecule has 2 rings (SSSR count). The third-order valence-corrected chi connectivity index (χ3v) is 4.14. The Morgan fingerprint density at radius 2 is 2.00 bits per heavy atom. The summed E-state index contributed by atoms with van der Waals surface area (Å²) in [5, 5.41) is 4.03. The average molecular weight is 362 g/mol. The van der Waals surface area contributed by atoms with Crippen molar-refractivity contribution in [1.82, 2.24) is 9.99 Å². The maximum absolute atomic E-state index is 12.2. The number of nitrogens with zero attached hydrogens (tertiary/aromatic N) is 2. The van der Waals surface area contributed by atoms with Gasteiger partial charge < -0.3 is 9.30 Å². The SMILES string of the molecule is C=NNC(=O)C(C)n1c(-c2ccc(Cl)cc2)cc(C(=O)OCC)c1C. The molecule has 0 aliphatic rings. The molecule has 1 heterocycles. The zero-order chi connectivity index (χ0) is 18.6. The molecule has 0 saturated carbocycles. The molecule has 6 nitrogen and oxygen atoms in total. The van der Waals surface area contributed by atoms with Crippen molar-refractivity contribution in [2.24, 2.45) is 5.10 Å². The molecule has 7 heteroatoms. The predicted molar refractivity (Wildman–Crippen MR) is 98.0 cm³/mol. The summed E-state index contributed by atoms with van der Waals surface area (Å²) >= 11 is 5.96. The number of hydrogen-bond acceptors (Lipinski definition) is 4. The number of rotatable bonds is 6. The number of hydrogen-bond donors (Lipinski definition) is 1. The quantitative estimate of drug-likeness (QED) is 0.485. The highest BCUT2D eigenvalue weighted by atomic mass is 35.5. The van der Waals surface area contributed by atoms with Crippen LogP contribution in [-0.2, 0) is 9.53 Å². The Bertz CT molecular complexity index is 797. The van der Waals surface area contributed by atoms with E-state index in [2.05, 4.69) is 17.2 Å². The normalized spacial score (nSPS) is 11.7. The molecule has 0 aliphatic heterocycles. The summed E-state index contributed by atoms with van der Waals surface area (Å²) in [6.07, 6.45) is 0. The van der Waals surface area contributed by atoms with Gasteiger partial charge in [-0.15, -0.1) is 0 Å². The Balaban J connectivity index is 2.61. The van der Waals surface area contributed by atoms with Gasteiger partial charge in [0.25, 0.3) is 5.91 Å². The second-order valence-electron chi connectivity index (χ2n) is 5.44. The molecule has 132 valence electrons. The van der Waals surface area contributed by atoms with Crippen molar-refractivity contribution in [2.75, 3.05) is 6.61 Å². The number of aromatic nitrogens is 1. The minimum Gasteiger partial charge on any atom is -0.462 e. The van der Waals surface area contributed by atoms with Crippen molar-refractivity contribution < 1.29 is 14.3 Å². The molecule has 0 aliphatic carbocycles. The molecular weight excluding hydrogens is 342 g/mol. The maximum Gasteiger partial charge on any atom is 0.339 e. The largest absolute Gasteiger partial charge is 0.462 e. The number of halogens is 1. The van der Waals surface area contributed by atoms with Crippen molar-refractivity contribution in [3.05, 3.63) is 46.6 Å². The van der Waals surface area contributed by atoms with E-state index < -0.39 is 12.0 Å². The van der Waals surface area contributed by atoms with Crippen LogP contribution in [0.4, 0.5) is 0 Å². The number of ether oxygens (including phenoxy) is 1. The fourth-order valence-corrected chi connectivity index (χ4v) is 2.79. The van der Waals surface area contributed by atoms with Crippen LogP contribution in [0.15, 0.2) is 35.4 Å². The number of esters is 1. The van der Waals surface area contributed by atoms with Crippen LogP contribution in [0.5, 0.6) is 0 Å². The molecule has 1 aromatic carbocycles. The lowest BCUT2D eigenvalue weighted by Gasteiger charge is -2.18. The van der Waals surface area contributed by atoms with E-state index in [1.165, 1.54) is 0 Å². The van der Waals surface area contributed by atoms with Gasteiger partial charge in [-0.2, -0.15) is 5.10 Å². The summed E-state index contributed by atoms with van der Waals surface area (Å²) in [7, 11) is 0. The molecule has 1 aromatic heterocycles. The van der Waals surface area contributed by atoms with E-state index in [1.54, 1.807) is 43.5 Å². The molecule has 0 radical (unpaired) electrons. The van der Waals surface area contributed by atoms with Crippen molar-refractivity contribution >= 4 is 30.2 Å². The summed E-state index contributed by atoms with van der Waals surface area (Å²) in [4.78, 5) is 24.5. The summed E-state index contributed by atoms with van der Waals surface area (Å²) in [6.45, 7) is 8.79. The Labute approximate surface area is 151 Å². The van der Waals surface area contributed by atoms with Crippen LogP contribution in [0, 0.1) is 6.92 Å². The van der Waals surface area contributed by atoms with E-state index in [1.807, 2.05) is 12.1 Å². The van der Waals surface area contributed by atoms with Crippen LogP contribution in [0.1, 0.15) is 35.9 Å². The van der Waals surface area contributed by atoms with Crippen LogP contribution in [0.2, 0.25) is 5.02 Å². The minimum absolute atomic E-state index is 0.274. The standard InChI is InChI=1S/C18H20ClN3O3/c1-5-25-18(24)15-10-16(13-6-8-14(19)9-7-13)22(11(15)2)12(3)17(23)21-20-4/h6-10,12H,4-5H2,1-3H3,(H,21,23). The first-order valence-corrected chi connectivity index (χ1v) is 8.19. The molecule has 25 heavy (non-hydrogen) atoms. The van der Waals surface area contributed by atoms with Gasteiger partial charge in [-0.25, -0.2) is 10.2 Å². The number of nitrogens with one attached hydrogen (secondary N) is 1. The smallest absolute Gasteiger partial charge is 0.339 e. The molecule has 1 atom stereocenters. The first kappa shape index (κ1) is 18.7. The minimum atomic E-state index is -0.598. The summed E-state index contributed by atoms with van der Waals surface area (Å²) < 4.78 is 6.89. The van der Waals surface area contributed by atoms with Gasteiger partial charge in [-0.3, -0.25) is 4.79 Å². The second kappa shape index (κ2) is 7.98. The summed E-state index contributed by atoms with van der Waals surface area (Å²) in [5.74, 6) is -0.761. The summed E-state index contributed by atoms with van der Waals surface area (Å²) in [6, 6.07) is 8.30. The molecule has 0 spiro atoms. The number of benzene rings is 1. The molecule has 1 unspecified atom stereocenters. The van der Waals surface area contributed by atoms with Crippen LogP contribution < -0.4 is 5.43 Å². The van der Waals surface area contributed by atoms with Gasteiger partial charge >= 0.3 is 5.97 Å². The van der Waals surface area contributed by atoms with E-state index in [4.69, 9.17) is 16.3 Å². The fraction of sp³-hybridized carbons (Fsp3) is 0.278. The van der Waals surface area contributed by atoms with Crippen molar-refractivity contribution in [2.45, 2.75) is 26.8 Å².